The molecule has 0 saturated heterocycles. The lowest BCUT2D eigenvalue weighted by Crippen LogP contribution is -2.28. The number of hydrogen-bond acceptors (Lipinski definition) is 6. The Hall–Kier alpha value is -3.82. The molecule has 38 heavy (non-hydrogen) atoms. The summed E-state index contributed by atoms with van der Waals surface area (Å²) in [7, 11) is 4.06. The van der Waals surface area contributed by atoms with E-state index in [2.05, 4.69) is 44.8 Å². The molecular formula is C29H37N7O2. The zero-order valence-electron chi connectivity index (χ0n) is 23.1. The Morgan fingerprint density at radius 3 is 2.55 bits per heavy atom. The van der Waals surface area contributed by atoms with Gasteiger partial charge >= 0.3 is 0 Å². The Balaban J connectivity index is 1.66. The number of likely N-dealkylation sites (N-methyl/N-ethyl adjacent to an activating group) is 2. The van der Waals surface area contributed by atoms with Crippen molar-refractivity contribution >= 4 is 16.9 Å². The topological polar surface area (TPSA) is 108 Å². The smallest absolute Gasteiger partial charge is 0.253 e. The summed E-state index contributed by atoms with van der Waals surface area (Å²) in [6.45, 7) is 10.7. The van der Waals surface area contributed by atoms with Crippen LogP contribution in [0.25, 0.3) is 22.3 Å². The number of aromatic nitrogens is 4. The number of nitrogens with one attached hydrogen (secondary N) is 3. The number of nitrogens with zero attached hydrogens (tertiary/aromatic N) is 4. The molecule has 0 spiro atoms. The van der Waals surface area contributed by atoms with Crippen molar-refractivity contribution in [3.8, 4) is 11.3 Å². The summed E-state index contributed by atoms with van der Waals surface area (Å²) in [6.07, 6.45) is 1.69. The van der Waals surface area contributed by atoms with E-state index < -0.39 is 0 Å². The Labute approximate surface area is 223 Å². The molecule has 0 atom stereocenters. The van der Waals surface area contributed by atoms with Crippen molar-refractivity contribution in [3.05, 3.63) is 80.9 Å². The second-order valence-electron chi connectivity index (χ2n) is 10.1. The fraction of sp³-hybridized carbons (Fsp3) is 0.379. The van der Waals surface area contributed by atoms with Crippen LogP contribution in [0.1, 0.15) is 52.6 Å². The van der Waals surface area contributed by atoms with Gasteiger partial charge in [-0.1, -0.05) is 24.3 Å². The molecule has 3 heterocycles. The van der Waals surface area contributed by atoms with E-state index >= 15 is 0 Å². The molecule has 0 fully saturated rings. The van der Waals surface area contributed by atoms with Crippen LogP contribution in [0.4, 0.5) is 0 Å². The number of amides is 1. The summed E-state index contributed by atoms with van der Waals surface area (Å²) in [6, 6.07) is 12.1. The number of carbonyl (C=O) groups excluding carboxylic acids is 1. The Morgan fingerprint density at radius 1 is 1.16 bits per heavy atom. The SMILES string of the molecule is CNCCN(C)Cc1ccc(-c2cc(C(=O)NCc3c(C)cc(C)[nH]c3=O)c3cnn(C(C)C)c3n2)cc1. The first-order chi connectivity index (χ1) is 18.2. The monoisotopic (exact) mass is 515 g/mol. The number of benzene rings is 1. The van der Waals surface area contributed by atoms with Gasteiger partial charge in [0.1, 0.15) is 0 Å². The van der Waals surface area contributed by atoms with E-state index in [-0.39, 0.29) is 24.1 Å². The number of fused-ring (bicyclic) bond motifs is 1. The number of aryl methyl sites for hydroxylation is 2. The van der Waals surface area contributed by atoms with Crippen LogP contribution in [-0.4, -0.2) is 57.7 Å². The van der Waals surface area contributed by atoms with Crippen molar-refractivity contribution in [2.24, 2.45) is 0 Å². The Bertz CT molecular complexity index is 1490. The van der Waals surface area contributed by atoms with Gasteiger partial charge in [-0.25, -0.2) is 9.67 Å². The molecule has 1 amide bonds. The van der Waals surface area contributed by atoms with Crippen LogP contribution in [0, 0.1) is 13.8 Å². The lowest BCUT2D eigenvalue weighted by atomic mass is 10.0. The van der Waals surface area contributed by atoms with Crippen molar-refractivity contribution in [1.29, 1.82) is 0 Å². The fourth-order valence-electron chi connectivity index (χ4n) is 4.57. The van der Waals surface area contributed by atoms with Crippen LogP contribution in [0.15, 0.2) is 47.4 Å². The molecule has 0 aliphatic rings. The van der Waals surface area contributed by atoms with Gasteiger partial charge < -0.3 is 20.5 Å². The van der Waals surface area contributed by atoms with Crippen molar-refractivity contribution in [1.82, 2.24) is 35.3 Å². The average molecular weight is 516 g/mol. The lowest BCUT2D eigenvalue weighted by Gasteiger charge is -2.16. The van der Waals surface area contributed by atoms with Crippen LogP contribution in [0.2, 0.25) is 0 Å². The molecule has 0 aliphatic heterocycles. The van der Waals surface area contributed by atoms with Gasteiger partial charge in [0.2, 0.25) is 0 Å². The molecule has 0 radical (unpaired) electrons. The van der Waals surface area contributed by atoms with Crippen molar-refractivity contribution < 1.29 is 4.79 Å². The van der Waals surface area contributed by atoms with Gasteiger partial charge in [-0.05, 0) is 65.0 Å². The van der Waals surface area contributed by atoms with Crippen LogP contribution in [0.5, 0.6) is 0 Å². The molecule has 9 heteroatoms. The Kier molecular flexibility index (Phi) is 8.38. The molecule has 3 N–H and O–H groups in total. The van der Waals surface area contributed by atoms with E-state index in [9.17, 15) is 9.59 Å². The third-order valence-electron chi connectivity index (χ3n) is 6.67. The molecular weight excluding hydrogens is 478 g/mol. The number of aromatic amines is 1. The molecule has 4 aromatic rings. The number of pyridine rings is 2. The molecule has 0 bridgehead atoms. The molecule has 1 aromatic carbocycles. The predicted octanol–water partition coefficient (Wildman–Crippen LogP) is 3.57. The summed E-state index contributed by atoms with van der Waals surface area (Å²) < 4.78 is 1.83. The molecule has 3 aromatic heterocycles. The molecule has 0 aliphatic carbocycles. The van der Waals surface area contributed by atoms with E-state index in [0.29, 0.717) is 27.9 Å². The largest absolute Gasteiger partial charge is 0.348 e. The van der Waals surface area contributed by atoms with E-state index in [0.717, 1.165) is 36.5 Å². The van der Waals surface area contributed by atoms with Gasteiger partial charge in [-0.3, -0.25) is 9.59 Å². The summed E-state index contributed by atoms with van der Waals surface area (Å²) in [5.74, 6) is -0.274. The standard InChI is InChI=1S/C29H37N7O2/c1-18(2)36-27-25(16-32-36)23(28(37)31-15-24-19(3)13-20(4)33-29(24)38)14-26(34-27)22-9-7-21(8-10-22)17-35(6)12-11-30-5/h7-10,13-14,16,18,30H,11-12,15,17H2,1-6H3,(H,31,37)(H,33,38). The average Bonchev–Trinajstić information content (AvgIpc) is 3.31. The van der Waals surface area contributed by atoms with Crippen LogP contribution < -0.4 is 16.2 Å². The molecule has 4 rings (SSSR count). The molecule has 9 nitrogen and oxygen atoms in total. The third kappa shape index (κ3) is 6.00. The normalized spacial score (nSPS) is 11.6. The van der Waals surface area contributed by atoms with Gasteiger partial charge in [0.25, 0.3) is 11.5 Å². The van der Waals surface area contributed by atoms with Crippen LogP contribution in [-0.2, 0) is 13.1 Å². The van der Waals surface area contributed by atoms with E-state index in [1.165, 1.54) is 5.56 Å². The summed E-state index contributed by atoms with van der Waals surface area (Å²) in [5, 5.41) is 11.3. The van der Waals surface area contributed by atoms with Gasteiger partial charge in [0.15, 0.2) is 5.65 Å². The zero-order chi connectivity index (χ0) is 27.4. The summed E-state index contributed by atoms with van der Waals surface area (Å²) in [4.78, 5) is 35.9. The van der Waals surface area contributed by atoms with Crippen LogP contribution in [0.3, 0.4) is 0 Å². The van der Waals surface area contributed by atoms with Crippen LogP contribution >= 0.6 is 0 Å². The number of H-pyrrole nitrogens is 1. The first-order valence-corrected chi connectivity index (χ1v) is 13.0. The highest BCUT2D eigenvalue weighted by molar-refractivity contribution is 6.06. The lowest BCUT2D eigenvalue weighted by molar-refractivity contribution is 0.0952. The van der Waals surface area contributed by atoms with E-state index in [1.54, 1.807) is 6.20 Å². The second kappa shape index (κ2) is 11.7. The van der Waals surface area contributed by atoms with Gasteiger partial charge in [-0.15, -0.1) is 0 Å². The minimum atomic E-state index is -0.274. The third-order valence-corrected chi connectivity index (χ3v) is 6.67. The number of carbonyl (C=O) groups is 1. The maximum Gasteiger partial charge on any atom is 0.253 e. The quantitative estimate of drug-likeness (QED) is 0.298. The predicted molar refractivity (Wildman–Crippen MR) is 151 cm³/mol. The first kappa shape index (κ1) is 27.2. The maximum atomic E-state index is 13.4. The Morgan fingerprint density at radius 2 is 1.89 bits per heavy atom. The van der Waals surface area contributed by atoms with Gasteiger partial charge in [-0.2, -0.15) is 5.10 Å². The summed E-state index contributed by atoms with van der Waals surface area (Å²) >= 11 is 0. The molecule has 0 unspecified atom stereocenters. The fourth-order valence-corrected chi connectivity index (χ4v) is 4.57. The van der Waals surface area contributed by atoms with E-state index in [1.807, 2.05) is 63.7 Å². The number of rotatable bonds is 10. The van der Waals surface area contributed by atoms with Gasteiger partial charge in [0.05, 0.1) is 22.8 Å². The molecule has 0 saturated carbocycles. The van der Waals surface area contributed by atoms with Gasteiger partial charge in [0, 0.05) is 49.0 Å². The highest BCUT2D eigenvalue weighted by atomic mass is 16.1. The van der Waals surface area contributed by atoms with Crippen molar-refractivity contribution in [2.75, 3.05) is 27.2 Å². The van der Waals surface area contributed by atoms with E-state index in [4.69, 9.17) is 4.98 Å². The molecule has 200 valence electrons. The maximum absolute atomic E-state index is 13.4. The number of hydrogen-bond donors (Lipinski definition) is 3. The second-order valence-corrected chi connectivity index (χ2v) is 10.1. The first-order valence-electron chi connectivity index (χ1n) is 13.0. The minimum Gasteiger partial charge on any atom is -0.348 e. The van der Waals surface area contributed by atoms with Crippen molar-refractivity contribution in [2.45, 2.75) is 46.8 Å². The summed E-state index contributed by atoms with van der Waals surface area (Å²) in [5.41, 5.74) is 5.95. The van der Waals surface area contributed by atoms with Crippen molar-refractivity contribution in [3.63, 3.8) is 0 Å². The zero-order valence-corrected chi connectivity index (χ0v) is 23.1. The minimum absolute atomic E-state index is 0.0791. The highest BCUT2D eigenvalue weighted by Crippen LogP contribution is 2.27. The highest BCUT2D eigenvalue weighted by Gasteiger charge is 2.19.